The number of ether oxygens (including phenoxy) is 1. The van der Waals surface area contributed by atoms with Crippen molar-refractivity contribution < 1.29 is 13.9 Å². The minimum Gasteiger partial charge on any atom is -0.493 e. The highest BCUT2D eigenvalue weighted by atomic mass is 19.1. The molecule has 3 aliphatic rings. The Kier molecular flexibility index (Phi) is 7.93. The van der Waals surface area contributed by atoms with Gasteiger partial charge in [0, 0.05) is 49.4 Å². The van der Waals surface area contributed by atoms with Gasteiger partial charge < -0.3 is 19.1 Å². The maximum atomic E-state index is 15.7. The van der Waals surface area contributed by atoms with E-state index in [2.05, 4.69) is 43.6 Å². The average Bonchev–Trinajstić information content (AvgIpc) is 3.35. The van der Waals surface area contributed by atoms with Gasteiger partial charge in [-0.2, -0.15) is 0 Å². The maximum Gasteiger partial charge on any atom is 0.258 e. The number of benzene rings is 1. The number of hydrogen-bond donors (Lipinski definition) is 1. The zero-order chi connectivity index (χ0) is 31.1. The molecule has 0 unspecified atom stereocenters. The molecule has 2 fully saturated rings. The van der Waals surface area contributed by atoms with Gasteiger partial charge in [-0.05, 0) is 101 Å². The number of fused-ring (bicyclic) bond motifs is 7. The topological polar surface area (TPSA) is 88.4 Å². The Bertz CT molecular complexity index is 1720. The number of carbonyl (C=O) groups is 1. The van der Waals surface area contributed by atoms with Crippen LogP contribution in [0, 0.1) is 24.1 Å². The number of hydrogen-bond acceptors (Lipinski definition) is 7. The van der Waals surface area contributed by atoms with E-state index >= 15 is 4.39 Å². The Morgan fingerprint density at radius 3 is 2.62 bits per heavy atom. The number of imidazole rings is 1. The van der Waals surface area contributed by atoms with Gasteiger partial charge in [0.05, 0.1) is 34.6 Å². The number of likely N-dealkylation sites (tertiary alicyclic amines) is 1. The van der Waals surface area contributed by atoms with Crippen LogP contribution >= 0.6 is 0 Å². The van der Waals surface area contributed by atoms with Crippen LogP contribution in [0.4, 0.5) is 16.0 Å². The molecule has 10 heteroatoms. The van der Waals surface area contributed by atoms with Crippen molar-refractivity contribution in [3.63, 3.8) is 0 Å². The summed E-state index contributed by atoms with van der Waals surface area (Å²) < 4.78 is 24.0. The molecule has 4 aromatic rings. The molecule has 0 saturated carbocycles. The zero-order valence-corrected chi connectivity index (χ0v) is 26.5. The standard InChI is InChI=1S/C35H42FN7O2/c1-23-5-4-16-45-32-6-11-37-21-26(32)28-18-25(17-24(2)38-28)33(44)40-34-39-29-19-27(36)30(20-31(29)43(34)22-23)42-14-9-35(10-15-42)7-12-41(3)13-8-35/h6,11,17-21,23H,4-5,7-10,12-16,22H2,1-3H3,(H,39,40,44)/t23-/m1/s1. The second-order valence-electron chi connectivity index (χ2n) is 13.4. The summed E-state index contributed by atoms with van der Waals surface area (Å²) in [4.78, 5) is 32.1. The molecule has 1 N–H and O–H groups in total. The van der Waals surface area contributed by atoms with Gasteiger partial charge in [0.1, 0.15) is 11.6 Å². The maximum absolute atomic E-state index is 15.7. The second kappa shape index (κ2) is 12.0. The number of halogens is 1. The van der Waals surface area contributed by atoms with Crippen LogP contribution in [0.25, 0.3) is 22.3 Å². The minimum atomic E-state index is -0.299. The molecule has 0 aliphatic carbocycles. The summed E-state index contributed by atoms with van der Waals surface area (Å²) in [6.07, 6.45) is 9.82. The van der Waals surface area contributed by atoms with E-state index in [1.165, 1.54) is 18.9 Å². The predicted octanol–water partition coefficient (Wildman–Crippen LogP) is 6.31. The lowest BCUT2D eigenvalue weighted by Gasteiger charge is -2.46. The van der Waals surface area contributed by atoms with Gasteiger partial charge in [0.15, 0.2) is 0 Å². The van der Waals surface area contributed by atoms with Crippen molar-refractivity contribution >= 4 is 28.6 Å². The number of nitrogens with one attached hydrogen (secondary N) is 1. The van der Waals surface area contributed by atoms with Crippen molar-refractivity contribution in [2.75, 3.05) is 50.1 Å². The fourth-order valence-electron chi connectivity index (χ4n) is 7.30. The molecule has 9 nitrogen and oxygen atoms in total. The average molecular weight is 612 g/mol. The quantitative estimate of drug-likeness (QED) is 0.270. The molecule has 1 aromatic carbocycles. The van der Waals surface area contributed by atoms with Gasteiger partial charge in [-0.25, -0.2) is 9.37 Å². The highest BCUT2D eigenvalue weighted by Gasteiger charge is 2.37. The Morgan fingerprint density at radius 1 is 1.04 bits per heavy atom. The molecule has 1 amide bonds. The lowest BCUT2D eigenvalue weighted by atomic mass is 9.71. The molecular weight excluding hydrogens is 569 g/mol. The molecule has 3 aliphatic heterocycles. The first kappa shape index (κ1) is 29.6. The van der Waals surface area contributed by atoms with Crippen molar-refractivity contribution in [1.82, 2.24) is 24.4 Å². The molecule has 1 spiro atoms. The summed E-state index contributed by atoms with van der Waals surface area (Å²) >= 11 is 0. The van der Waals surface area contributed by atoms with Crippen LogP contribution in [0.2, 0.25) is 0 Å². The summed E-state index contributed by atoms with van der Waals surface area (Å²) in [6, 6.07) is 8.84. The smallest absolute Gasteiger partial charge is 0.258 e. The normalized spacial score (nSPS) is 20.9. The monoisotopic (exact) mass is 611 g/mol. The highest BCUT2D eigenvalue weighted by molar-refractivity contribution is 6.05. The van der Waals surface area contributed by atoms with Crippen molar-refractivity contribution in [2.45, 2.75) is 58.9 Å². The SMILES string of the molecule is Cc1cc2cc(n1)-c1cnccc1OCCC[C@@H](C)Cn1c(nc3cc(F)c(N4CCC5(CCN(C)CC5)CC4)cc31)NC2=O. The van der Waals surface area contributed by atoms with E-state index in [0.717, 1.165) is 62.9 Å². The van der Waals surface area contributed by atoms with Crippen LogP contribution in [-0.4, -0.2) is 70.2 Å². The molecular formula is C35H42FN7O2. The highest BCUT2D eigenvalue weighted by Crippen LogP contribution is 2.43. The van der Waals surface area contributed by atoms with E-state index in [0.29, 0.717) is 58.4 Å². The van der Waals surface area contributed by atoms with Gasteiger partial charge in [0.25, 0.3) is 5.91 Å². The number of nitrogens with zero attached hydrogens (tertiary/aromatic N) is 6. The van der Waals surface area contributed by atoms with E-state index in [1.54, 1.807) is 24.5 Å². The molecule has 6 heterocycles. The Balaban J connectivity index is 1.23. The third kappa shape index (κ3) is 6.00. The molecule has 2 saturated heterocycles. The van der Waals surface area contributed by atoms with Gasteiger partial charge in [-0.1, -0.05) is 6.92 Å². The lowest BCUT2D eigenvalue weighted by Crippen LogP contribution is -2.46. The van der Waals surface area contributed by atoms with Gasteiger partial charge in [-0.15, -0.1) is 0 Å². The molecule has 45 heavy (non-hydrogen) atoms. The fraction of sp³-hybridized carbons (Fsp3) is 0.486. The number of piperidine rings is 2. The fourth-order valence-corrected chi connectivity index (χ4v) is 7.30. The third-order valence-electron chi connectivity index (χ3n) is 10.1. The van der Waals surface area contributed by atoms with Crippen LogP contribution in [0.3, 0.4) is 0 Å². The first-order chi connectivity index (χ1) is 21.8. The van der Waals surface area contributed by atoms with E-state index < -0.39 is 0 Å². The summed E-state index contributed by atoms with van der Waals surface area (Å²) in [5.41, 5.74) is 4.90. The van der Waals surface area contributed by atoms with Crippen molar-refractivity contribution in [2.24, 2.45) is 11.3 Å². The zero-order valence-electron chi connectivity index (χ0n) is 26.5. The first-order valence-electron chi connectivity index (χ1n) is 16.3. The Hall–Kier alpha value is -4.05. The lowest BCUT2D eigenvalue weighted by molar-refractivity contribution is 0.0943. The number of pyridine rings is 2. The second-order valence-corrected chi connectivity index (χ2v) is 13.4. The summed E-state index contributed by atoms with van der Waals surface area (Å²) in [6.45, 7) is 9.23. The van der Waals surface area contributed by atoms with Crippen LogP contribution in [0.1, 0.15) is 61.5 Å². The minimum absolute atomic E-state index is 0.265. The third-order valence-corrected chi connectivity index (χ3v) is 10.1. The van der Waals surface area contributed by atoms with E-state index in [9.17, 15) is 4.79 Å². The van der Waals surface area contributed by atoms with Gasteiger partial charge in [0.2, 0.25) is 5.95 Å². The van der Waals surface area contributed by atoms with Crippen LogP contribution in [0.15, 0.2) is 42.7 Å². The molecule has 0 radical (unpaired) electrons. The molecule has 7 rings (SSSR count). The van der Waals surface area contributed by atoms with Crippen molar-refractivity contribution in [1.29, 1.82) is 0 Å². The van der Waals surface area contributed by atoms with Crippen molar-refractivity contribution in [3.05, 3.63) is 59.8 Å². The molecule has 1 atom stereocenters. The molecule has 3 aromatic heterocycles. The first-order valence-corrected chi connectivity index (χ1v) is 16.3. The molecule has 236 valence electrons. The Labute approximate surface area is 263 Å². The van der Waals surface area contributed by atoms with Gasteiger partial charge >= 0.3 is 0 Å². The number of amides is 1. The summed E-state index contributed by atoms with van der Waals surface area (Å²) in [5.74, 6) is 0.823. The van der Waals surface area contributed by atoms with E-state index in [-0.39, 0.29) is 17.6 Å². The van der Waals surface area contributed by atoms with E-state index in [4.69, 9.17) is 9.72 Å². The molecule has 2 bridgehead atoms. The van der Waals surface area contributed by atoms with Crippen LogP contribution < -0.4 is 15.0 Å². The predicted molar refractivity (Wildman–Crippen MR) is 174 cm³/mol. The Morgan fingerprint density at radius 2 is 1.82 bits per heavy atom. The number of aryl methyl sites for hydroxylation is 1. The largest absolute Gasteiger partial charge is 0.493 e. The number of aromatic nitrogens is 4. The number of rotatable bonds is 1. The van der Waals surface area contributed by atoms with Crippen molar-refractivity contribution in [3.8, 4) is 17.0 Å². The van der Waals surface area contributed by atoms with Crippen LogP contribution in [-0.2, 0) is 6.54 Å². The number of anilines is 2. The summed E-state index contributed by atoms with van der Waals surface area (Å²) in [7, 11) is 2.20. The number of carbonyl (C=O) groups excluding carboxylic acids is 1. The van der Waals surface area contributed by atoms with Gasteiger partial charge in [-0.3, -0.25) is 20.1 Å². The van der Waals surface area contributed by atoms with Crippen LogP contribution in [0.5, 0.6) is 5.75 Å². The van der Waals surface area contributed by atoms with E-state index in [1.807, 2.05) is 19.1 Å². The summed E-state index contributed by atoms with van der Waals surface area (Å²) in [5, 5.41) is 3.06.